The molecule has 0 fully saturated rings. The zero-order chi connectivity index (χ0) is 26.4. The molecule has 1 aromatic carbocycles. The van der Waals surface area contributed by atoms with Crippen molar-refractivity contribution in [3.8, 4) is 0 Å². The molecule has 192 valence electrons. The van der Waals surface area contributed by atoms with E-state index in [2.05, 4.69) is 10.6 Å². The van der Waals surface area contributed by atoms with Crippen LogP contribution in [0.2, 0.25) is 0 Å². The van der Waals surface area contributed by atoms with Crippen molar-refractivity contribution < 1.29 is 24.2 Å². The highest BCUT2D eigenvalue weighted by Crippen LogP contribution is 2.34. The Morgan fingerprint density at radius 1 is 1.06 bits per heavy atom. The molecule has 0 aliphatic rings. The van der Waals surface area contributed by atoms with E-state index in [0.717, 1.165) is 11.1 Å². The summed E-state index contributed by atoms with van der Waals surface area (Å²) in [7, 11) is 0. The zero-order valence-electron chi connectivity index (χ0n) is 22.4. The fourth-order valence-electron chi connectivity index (χ4n) is 3.58. The van der Waals surface area contributed by atoms with Gasteiger partial charge in [-0.2, -0.15) is 0 Å². The Hall–Kier alpha value is -2.61. The lowest BCUT2D eigenvalue weighted by Crippen LogP contribution is -2.60. The van der Waals surface area contributed by atoms with Gasteiger partial charge in [0, 0.05) is 11.6 Å². The lowest BCUT2D eigenvalue weighted by atomic mass is 9.89. The number of nitrogens with zero attached hydrogens (tertiary/aromatic N) is 1. The number of aliphatic hydroxyl groups is 1. The van der Waals surface area contributed by atoms with Gasteiger partial charge in [0.2, 0.25) is 11.8 Å². The molecule has 3 amide bonds. The van der Waals surface area contributed by atoms with Crippen LogP contribution in [0.1, 0.15) is 84.5 Å². The molecule has 0 aliphatic carbocycles. The number of aliphatic hydroxyl groups excluding tert-OH is 1. The Bertz CT molecular complexity index is 874. The minimum absolute atomic E-state index is 0.143. The van der Waals surface area contributed by atoms with E-state index in [1.54, 1.807) is 20.8 Å². The first-order valence-corrected chi connectivity index (χ1v) is 11.9. The summed E-state index contributed by atoms with van der Waals surface area (Å²) in [6.45, 7) is 17.7. The number of aryl methyl sites for hydroxylation is 1. The second-order valence-electron chi connectivity index (χ2n) is 10.6. The van der Waals surface area contributed by atoms with E-state index in [-0.39, 0.29) is 11.9 Å². The highest BCUT2D eigenvalue weighted by atomic mass is 16.6. The number of carbonyl (C=O) groups is 3. The van der Waals surface area contributed by atoms with E-state index < -0.39 is 41.8 Å². The van der Waals surface area contributed by atoms with Crippen molar-refractivity contribution in [1.82, 2.24) is 15.5 Å². The first kappa shape index (κ1) is 29.4. The van der Waals surface area contributed by atoms with E-state index in [1.165, 1.54) is 4.90 Å². The number of nitrogens with one attached hydrogen (secondary N) is 2. The molecule has 2 atom stereocenters. The van der Waals surface area contributed by atoms with Crippen molar-refractivity contribution in [2.24, 2.45) is 0 Å². The van der Waals surface area contributed by atoms with Crippen molar-refractivity contribution in [3.05, 3.63) is 34.9 Å². The van der Waals surface area contributed by atoms with Crippen LogP contribution in [0.4, 0.5) is 4.79 Å². The van der Waals surface area contributed by atoms with Crippen LogP contribution in [-0.4, -0.2) is 57.7 Å². The van der Waals surface area contributed by atoms with Crippen molar-refractivity contribution >= 4 is 17.9 Å². The van der Waals surface area contributed by atoms with E-state index in [1.807, 2.05) is 66.7 Å². The van der Waals surface area contributed by atoms with Crippen LogP contribution in [0.3, 0.4) is 0 Å². The first-order chi connectivity index (χ1) is 15.6. The standard InChI is InChI=1S/C26H43N3O5/c1-11-26(9,10)29(23(32)20(15-30)28-24(33)34-25(6,7)8)21(22(31)27-16(2)3)19-14-12-13-17(4)18(19)5/h12-14,16,20-21,30H,11,15H2,1-10H3,(H,27,31)(H,28,33). The average molecular weight is 478 g/mol. The number of amides is 3. The number of alkyl carbamates (subject to hydrolysis) is 1. The topological polar surface area (TPSA) is 108 Å². The van der Waals surface area contributed by atoms with Crippen molar-refractivity contribution in [3.63, 3.8) is 0 Å². The molecular formula is C26H43N3O5. The molecule has 8 nitrogen and oxygen atoms in total. The molecule has 0 saturated carbocycles. The summed E-state index contributed by atoms with van der Waals surface area (Å²) < 4.78 is 5.28. The van der Waals surface area contributed by atoms with Crippen molar-refractivity contribution in [2.75, 3.05) is 6.61 Å². The van der Waals surface area contributed by atoms with Gasteiger partial charge in [-0.25, -0.2) is 4.79 Å². The van der Waals surface area contributed by atoms with Gasteiger partial charge in [0.25, 0.3) is 0 Å². The number of carbonyl (C=O) groups excluding carboxylic acids is 3. The molecule has 3 N–H and O–H groups in total. The van der Waals surface area contributed by atoms with E-state index in [4.69, 9.17) is 4.74 Å². The highest BCUT2D eigenvalue weighted by Gasteiger charge is 2.43. The van der Waals surface area contributed by atoms with Crippen molar-refractivity contribution in [2.45, 2.75) is 105 Å². The minimum atomic E-state index is -1.28. The predicted octanol–water partition coefficient (Wildman–Crippen LogP) is 3.77. The Kier molecular flexibility index (Phi) is 10.1. The van der Waals surface area contributed by atoms with Crippen LogP contribution in [0, 0.1) is 13.8 Å². The molecule has 0 saturated heterocycles. The van der Waals surface area contributed by atoms with Gasteiger partial charge in [-0.3, -0.25) is 9.59 Å². The zero-order valence-corrected chi connectivity index (χ0v) is 22.4. The molecule has 34 heavy (non-hydrogen) atoms. The SMILES string of the molecule is CCC(C)(C)N(C(=O)C(CO)NC(=O)OC(C)(C)C)C(C(=O)NC(C)C)c1cccc(C)c1C. The van der Waals surface area contributed by atoms with Gasteiger partial charge < -0.3 is 25.4 Å². The Labute approximate surface area is 204 Å². The summed E-state index contributed by atoms with van der Waals surface area (Å²) in [6.07, 6.45) is -0.274. The maximum absolute atomic E-state index is 13.9. The highest BCUT2D eigenvalue weighted by molar-refractivity contribution is 5.93. The molecule has 8 heteroatoms. The Balaban J connectivity index is 3.62. The number of ether oxygens (including phenoxy) is 1. The smallest absolute Gasteiger partial charge is 0.408 e. The van der Waals surface area contributed by atoms with Crippen LogP contribution in [0.15, 0.2) is 18.2 Å². The molecule has 0 heterocycles. The van der Waals surface area contributed by atoms with Crippen LogP contribution in [0.5, 0.6) is 0 Å². The van der Waals surface area contributed by atoms with Gasteiger partial charge in [-0.05, 0) is 85.4 Å². The normalized spacial score (nSPS) is 13.8. The van der Waals surface area contributed by atoms with Crippen LogP contribution in [0.25, 0.3) is 0 Å². The van der Waals surface area contributed by atoms with Gasteiger partial charge in [0.15, 0.2) is 0 Å². The third-order valence-corrected chi connectivity index (χ3v) is 5.81. The third kappa shape index (κ3) is 7.72. The third-order valence-electron chi connectivity index (χ3n) is 5.81. The first-order valence-electron chi connectivity index (χ1n) is 11.9. The van der Waals surface area contributed by atoms with Crippen molar-refractivity contribution in [1.29, 1.82) is 0 Å². The number of hydrogen-bond acceptors (Lipinski definition) is 5. The van der Waals surface area contributed by atoms with Gasteiger partial charge in [-0.1, -0.05) is 25.1 Å². The summed E-state index contributed by atoms with van der Waals surface area (Å²) in [5.41, 5.74) is 1.05. The molecule has 2 unspecified atom stereocenters. The second-order valence-corrected chi connectivity index (χ2v) is 10.6. The summed E-state index contributed by atoms with van der Waals surface area (Å²) in [5.74, 6) is -0.891. The Morgan fingerprint density at radius 3 is 2.12 bits per heavy atom. The Morgan fingerprint density at radius 2 is 1.65 bits per heavy atom. The van der Waals surface area contributed by atoms with E-state index >= 15 is 0 Å². The maximum atomic E-state index is 13.9. The molecule has 1 aromatic rings. The summed E-state index contributed by atoms with van der Waals surface area (Å²) in [6, 6.07) is 3.27. The lowest BCUT2D eigenvalue weighted by Gasteiger charge is -2.45. The second kappa shape index (κ2) is 11.7. The average Bonchev–Trinajstić information content (AvgIpc) is 2.70. The predicted molar refractivity (Wildman–Crippen MR) is 133 cm³/mol. The summed E-state index contributed by atoms with van der Waals surface area (Å²) >= 11 is 0. The van der Waals surface area contributed by atoms with E-state index in [9.17, 15) is 19.5 Å². The summed E-state index contributed by atoms with van der Waals surface area (Å²) in [4.78, 5) is 41.4. The largest absolute Gasteiger partial charge is 0.444 e. The molecular weight excluding hydrogens is 434 g/mol. The quantitative estimate of drug-likeness (QED) is 0.502. The fraction of sp³-hybridized carbons (Fsp3) is 0.654. The molecule has 0 spiro atoms. The molecule has 0 bridgehead atoms. The van der Waals surface area contributed by atoms with Gasteiger partial charge in [-0.15, -0.1) is 0 Å². The number of benzene rings is 1. The number of rotatable bonds is 9. The molecule has 0 radical (unpaired) electrons. The van der Waals surface area contributed by atoms with Crippen LogP contribution in [-0.2, 0) is 14.3 Å². The monoisotopic (exact) mass is 477 g/mol. The molecule has 0 aliphatic heterocycles. The molecule has 0 aromatic heterocycles. The van der Waals surface area contributed by atoms with Gasteiger partial charge >= 0.3 is 6.09 Å². The van der Waals surface area contributed by atoms with Crippen LogP contribution < -0.4 is 10.6 Å². The van der Waals surface area contributed by atoms with E-state index in [0.29, 0.717) is 12.0 Å². The lowest BCUT2D eigenvalue weighted by molar-refractivity contribution is -0.150. The van der Waals surface area contributed by atoms with Crippen LogP contribution >= 0.6 is 0 Å². The van der Waals surface area contributed by atoms with Gasteiger partial charge in [0.05, 0.1) is 6.61 Å². The maximum Gasteiger partial charge on any atom is 0.408 e. The van der Waals surface area contributed by atoms with Gasteiger partial charge in [0.1, 0.15) is 17.7 Å². The number of hydrogen-bond donors (Lipinski definition) is 3. The minimum Gasteiger partial charge on any atom is -0.444 e. The summed E-state index contributed by atoms with van der Waals surface area (Å²) in [5, 5.41) is 15.5. The fourth-order valence-corrected chi connectivity index (χ4v) is 3.58. The molecule has 1 rings (SSSR count).